The van der Waals surface area contributed by atoms with E-state index in [1.807, 2.05) is 6.92 Å². The van der Waals surface area contributed by atoms with Gasteiger partial charge in [-0.05, 0) is 17.3 Å². The van der Waals surface area contributed by atoms with Gasteiger partial charge in [0.1, 0.15) is 15.6 Å². The molecule has 0 bridgehead atoms. The Labute approximate surface area is 94.6 Å². The Morgan fingerprint density at radius 2 is 2.20 bits per heavy atom. The zero-order chi connectivity index (χ0) is 11.4. The molecule has 6 nitrogen and oxygen atoms in total. The number of primary amides is 2. The first-order valence-electron chi connectivity index (χ1n) is 4.05. The molecule has 1 aromatic rings. The Hall–Kier alpha value is -1.28. The lowest BCUT2D eigenvalue weighted by atomic mass is 10.3. The van der Waals surface area contributed by atoms with E-state index in [2.05, 4.69) is 9.69 Å². The van der Waals surface area contributed by atoms with Crippen molar-refractivity contribution in [1.29, 1.82) is 0 Å². The Morgan fingerprint density at radius 3 is 2.67 bits per heavy atom. The standard InChI is InChI=1S/C7H10N4O2S2/c1-2-14-6-3(4(8)12)5(15-11-6)10-7(9)13/h2H2,1H3,(H2,8,12)(H3,9,10,13). The van der Waals surface area contributed by atoms with E-state index >= 15 is 0 Å². The summed E-state index contributed by atoms with van der Waals surface area (Å²) in [6, 6.07) is -0.741. The Bertz CT molecular complexity index is 390. The summed E-state index contributed by atoms with van der Waals surface area (Å²) in [5.41, 5.74) is 10.4. The van der Waals surface area contributed by atoms with Crippen LogP contribution in [0, 0.1) is 0 Å². The van der Waals surface area contributed by atoms with Crippen molar-refractivity contribution >= 4 is 40.2 Å². The van der Waals surface area contributed by atoms with Gasteiger partial charge in [0.15, 0.2) is 0 Å². The van der Waals surface area contributed by atoms with Crippen LogP contribution >= 0.6 is 23.3 Å². The zero-order valence-electron chi connectivity index (χ0n) is 7.94. The van der Waals surface area contributed by atoms with Crippen LogP contribution in [0.4, 0.5) is 9.80 Å². The quantitative estimate of drug-likeness (QED) is 0.683. The molecule has 3 amide bonds. The molecule has 0 saturated heterocycles. The fourth-order valence-corrected chi connectivity index (χ4v) is 2.63. The number of urea groups is 1. The topological polar surface area (TPSA) is 111 Å². The molecule has 15 heavy (non-hydrogen) atoms. The van der Waals surface area contributed by atoms with Gasteiger partial charge in [-0.1, -0.05) is 6.92 Å². The minimum Gasteiger partial charge on any atom is -0.365 e. The van der Waals surface area contributed by atoms with Crippen molar-refractivity contribution in [3.8, 4) is 0 Å². The average molecular weight is 246 g/mol. The van der Waals surface area contributed by atoms with E-state index in [4.69, 9.17) is 11.5 Å². The van der Waals surface area contributed by atoms with E-state index in [9.17, 15) is 9.59 Å². The van der Waals surface area contributed by atoms with Crippen molar-refractivity contribution in [3.63, 3.8) is 0 Å². The van der Waals surface area contributed by atoms with Gasteiger partial charge in [0, 0.05) is 0 Å². The van der Waals surface area contributed by atoms with Gasteiger partial charge in [0.05, 0.1) is 0 Å². The van der Waals surface area contributed by atoms with Gasteiger partial charge in [-0.3, -0.25) is 10.1 Å². The number of nitrogens with one attached hydrogen (secondary N) is 1. The minimum absolute atomic E-state index is 0.227. The number of hydrogen-bond acceptors (Lipinski definition) is 5. The summed E-state index contributed by atoms with van der Waals surface area (Å²) in [5.74, 6) is 0.142. The predicted octanol–water partition coefficient (Wildman–Crippen LogP) is 0.845. The third kappa shape index (κ3) is 2.83. The Balaban J connectivity index is 3.06. The van der Waals surface area contributed by atoms with Crippen LogP contribution in [0.25, 0.3) is 0 Å². The summed E-state index contributed by atoms with van der Waals surface area (Å²) in [4.78, 5) is 21.8. The number of anilines is 1. The number of carbonyl (C=O) groups excluding carboxylic acids is 2. The summed E-state index contributed by atoms with van der Waals surface area (Å²) in [6.07, 6.45) is 0. The number of nitrogens with two attached hydrogens (primary N) is 2. The second-order valence-corrected chi connectivity index (χ2v) is 4.50. The second kappa shape index (κ2) is 4.99. The van der Waals surface area contributed by atoms with E-state index in [1.165, 1.54) is 11.8 Å². The molecular formula is C7H10N4O2S2. The van der Waals surface area contributed by atoms with Crippen LogP contribution in [0.3, 0.4) is 0 Å². The summed E-state index contributed by atoms with van der Waals surface area (Å²) in [6.45, 7) is 1.93. The third-order valence-electron chi connectivity index (χ3n) is 1.42. The summed E-state index contributed by atoms with van der Waals surface area (Å²) >= 11 is 2.37. The molecule has 0 aromatic carbocycles. The molecule has 0 saturated carbocycles. The first kappa shape index (κ1) is 11.8. The molecule has 1 aromatic heterocycles. The lowest BCUT2D eigenvalue weighted by Gasteiger charge is -2.00. The van der Waals surface area contributed by atoms with Gasteiger partial charge in [-0.2, -0.15) is 4.37 Å². The van der Waals surface area contributed by atoms with Crippen molar-refractivity contribution in [3.05, 3.63) is 5.56 Å². The lowest BCUT2D eigenvalue weighted by Crippen LogP contribution is -2.21. The summed E-state index contributed by atoms with van der Waals surface area (Å²) in [7, 11) is 0. The van der Waals surface area contributed by atoms with Crippen LogP contribution in [0.1, 0.15) is 17.3 Å². The molecule has 0 aliphatic rings. The van der Waals surface area contributed by atoms with Gasteiger partial charge in [0.25, 0.3) is 5.91 Å². The molecule has 0 unspecified atom stereocenters. The van der Waals surface area contributed by atoms with Crippen molar-refractivity contribution in [2.75, 3.05) is 11.1 Å². The molecule has 5 N–H and O–H groups in total. The predicted molar refractivity (Wildman–Crippen MR) is 60.2 cm³/mol. The SMILES string of the molecule is CCSc1nsc(NC(N)=O)c1C(N)=O. The fourth-order valence-electron chi connectivity index (χ4n) is 0.925. The van der Waals surface area contributed by atoms with E-state index in [-0.39, 0.29) is 5.56 Å². The van der Waals surface area contributed by atoms with Gasteiger partial charge in [-0.25, -0.2) is 4.79 Å². The highest BCUT2D eigenvalue weighted by Gasteiger charge is 2.19. The van der Waals surface area contributed by atoms with Crippen molar-refractivity contribution in [2.45, 2.75) is 11.9 Å². The molecule has 0 spiro atoms. The van der Waals surface area contributed by atoms with E-state index in [1.54, 1.807) is 0 Å². The van der Waals surface area contributed by atoms with Crippen LogP contribution in [0.15, 0.2) is 5.03 Å². The zero-order valence-corrected chi connectivity index (χ0v) is 9.58. The number of aromatic nitrogens is 1. The van der Waals surface area contributed by atoms with E-state index in [0.717, 1.165) is 17.3 Å². The van der Waals surface area contributed by atoms with Gasteiger partial charge in [-0.15, -0.1) is 11.8 Å². The number of nitrogens with zero attached hydrogens (tertiary/aromatic N) is 1. The van der Waals surface area contributed by atoms with Gasteiger partial charge >= 0.3 is 6.03 Å². The lowest BCUT2D eigenvalue weighted by molar-refractivity contribution is 0.0998. The number of hydrogen-bond donors (Lipinski definition) is 3. The normalized spacial score (nSPS) is 9.93. The average Bonchev–Trinajstić information content (AvgIpc) is 2.47. The van der Waals surface area contributed by atoms with Crippen LogP contribution in [0.5, 0.6) is 0 Å². The first-order chi connectivity index (χ1) is 7.06. The first-order valence-corrected chi connectivity index (χ1v) is 5.80. The smallest absolute Gasteiger partial charge is 0.317 e. The number of amides is 3. The molecule has 1 heterocycles. The molecule has 1 rings (SSSR count). The highest BCUT2D eigenvalue weighted by Crippen LogP contribution is 2.31. The molecule has 0 fully saturated rings. The fraction of sp³-hybridized carbons (Fsp3) is 0.286. The summed E-state index contributed by atoms with van der Waals surface area (Å²) in [5, 5.41) is 3.14. The van der Waals surface area contributed by atoms with Gasteiger partial charge in [0.2, 0.25) is 0 Å². The van der Waals surface area contributed by atoms with Crippen LogP contribution < -0.4 is 16.8 Å². The number of thioether (sulfide) groups is 1. The molecule has 0 aliphatic carbocycles. The van der Waals surface area contributed by atoms with Crippen molar-refractivity contribution < 1.29 is 9.59 Å². The number of carbonyl (C=O) groups is 2. The minimum atomic E-state index is -0.741. The van der Waals surface area contributed by atoms with Crippen molar-refractivity contribution in [1.82, 2.24) is 4.37 Å². The van der Waals surface area contributed by atoms with Crippen LogP contribution in [0.2, 0.25) is 0 Å². The number of rotatable bonds is 4. The molecule has 8 heteroatoms. The Morgan fingerprint density at radius 1 is 1.53 bits per heavy atom. The summed E-state index contributed by atoms with van der Waals surface area (Å²) < 4.78 is 4.01. The highest BCUT2D eigenvalue weighted by atomic mass is 32.2. The van der Waals surface area contributed by atoms with Crippen LogP contribution in [-0.4, -0.2) is 22.1 Å². The maximum atomic E-state index is 11.1. The molecule has 0 atom stereocenters. The maximum Gasteiger partial charge on any atom is 0.317 e. The second-order valence-electron chi connectivity index (χ2n) is 2.48. The van der Waals surface area contributed by atoms with Crippen molar-refractivity contribution in [2.24, 2.45) is 11.5 Å². The molecular weight excluding hydrogens is 236 g/mol. The largest absolute Gasteiger partial charge is 0.365 e. The van der Waals surface area contributed by atoms with Gasteiger partial charge < -0.3 is 11.5 Å². The molecule has 0 aliphatic heterocycles. The van der Waals surface area contributed by atoms with E-state index in [0.29, 0.717) is 10.0 Å². The molecule has 0 radical (unpaired) electrons. The molecule has 82 valence electrons. The van der Waals surface area contributed by atoms with Crippen LogP contribution in [-0.2, 0) is 0 Å². The van der Waals surface area contributed by atoms with E-state index < -0.39 is 11.9 Å². The Kier molecular flexibility index (Phi) is 3.92. The third-order valence-corrected chi connectivity index (χ3v) is 3.16. The monoisotopic (exact) mass is 246 g/mol. The maximum absolute atomic E-state index is 11.1. The highest BCUT2D eigenvalue weighted by molar-refractivity contribution is 7.99.